The van der Waals surface area contributed by atoms with Crippen LogP contribution < -0.4 is 20.1 Å². The fourth-order valence-corrected chi connectivity index (χ4v) is 3.34. The number of nitrogens with zero attached hydrogens (tertiary/aromatic N) is 2. The van der Waals surface area contributed by atoms with Gasteiger partial charge in [0.25, 0.3) is 5.56 Å². The standard InChI is InChI=1S/C18H19N3O3S/c1-4-21-16(22)15(11-20-13-8-6-7-12(3)9-13)25-17(21)14(10-19)18(23)24-5-2/h6-9,11,20H,4-5H2,1-3H3/b15-11?,17-14-. The van der Waals surface area contributed by atoms with Crippen LogP contribution in [0.25, 0.3) is 11.8 Å². The highest BCUT2D eigenvalue weighted by molar-refractivity contribution is 7.07. The Morgan fingerprint density at radius 1 is 1.44 bits per heavy atom. The van der Waals surface area contributed by atoms with Crippen LogP contribution in [-0.2, 0) is 16.1 Å². The van der Waals surface area contributed by atoms with E-state index >= 15 is 0 Å². The van der Waals surface area contributed by atoms with E-state index in [9.17, 15) is 14.9 Å². The van der Waals surface area contributed by atoms with Gasteiger partial charge >= 0.3 is 5.97 Å². The number of hydrogen-bond acceptors (Lipinski definition) is 6. The number of benzene rings is 1. The van der Waals surface area contributed by atoms with Crippen LogP contribution in [0.4, 0.5) is 5.69 Å². The zero-order valence-electron chi connectivity index (χ0n) is 14.3. The van der Waals surface area contributed by atoms with Crippen LogP contribution in [0.1, 0.15) is 19.4 Å². The lowest BCUT2D eigenvalue weighted by Crippen LogP contribution is -2.32. The minimum absolute atomic E-state index is 0.152. The third-order valence-electron chi connectivity index (χ3n) is 3.42. The molecule has 1 aromatic heterocycles. The highest BCUT2D eigenvalue weighted by Crippen LogP contribution is 2.08. The van der Waals surface area contributed by atoms with Gasteiger partial charge in [0.1, 0.15) is 15.3 Å². The van der Waals surface area contributed by atoms with Crippen molar-refractivity contribution in [3.8, 4) is 6.07 Å². The molecule has 7 heteroatoms. The summed E-state index contributed by atoms with van der Waals surface area (Å²) in [6.45, 7) is 5.95. The number of ether oxygens (including phenoxy) is 1. The molecule has 0 unspecified atom stereocenters. The Kier molecular flexibility index (Phi) is 6.14. The maximum atomic E-state index is 12.5. The highest BCUT2D eigenvalue weighted by Gasteiger charge is 2.16. The molecule has 1 heterocycles. The maximum absolute atomic E-state index is 12.5. The second-order valence-electron chi connectivity index (χ2n) is 5.19. The van der Waals surface area contributed by atoms with Gasteiger partial charge in [-0.25, -0.2) is 4.79 Å². The van der Waals surface area contributed by atoms with Crippen molar-refractivity contribution >= 4 is 34.8 Å². The van der Waals surface area contributed by atoms with Gasteiger partial charge in [-0.3, -0.25) is 9.36 Å². The summed E-state index contributed by atoms with van der Waals surface area (Å²) in [6.07, 6.45) is 1.59. The smallest absolute Gasteiger partial charge is 0.351 e. The molecule has 0 saturated carbocycles. The third-order valence-corrected chi connectivity index (χ3v) is 4.55. The average molecular weight is 357 g/mol. The Labute approximate surface area is 149 Å². The third kappa shape index (κ3) is 4.17. The summed E-state index contributed by atoms with van der Waals surface area (Å²) in [6, 6.07) is 9.59. The van der Waals surface area contributed by atoms with Crippen LogP contribution in [0.15, 0.2) is 29.1 Å². The Morgan fingerprint density at radius 2 is 2.20 bits per heavy atom. The number of carbonyl (C=O) groups excluding carboxylic acids is 1. The first kappa shape index (κ1) is 18.5. The van der Waals surface area contributed by atoms with E-state index in [-0.39, 0.29) is 17.7 Å². The second-order valence-corrected chi connectivity index (χ2v) is 6.22. The SMILES string of the molecule is CCOC(=O)/C(C#N)=c1\sc(=CNc2cccc(C)c2)c(=O)n1CC. The van der Waals surface area contributed by atoms with Gasteiger partial charge in [-0.05, 0) is 38.5 Å². The zero-order valence-corrected chi connectivity index (χ0v) is 15.1. The largest absolute Gasteiger partial charge is 0.462 e. The maximum Gasteiger partial charge on any atom is 0.351 e. The van der Waals surface area contributed by atoms with Crippen molar-refractivity contribution in [2.24, 2.45) is 0 Å². The second kappa shape index (κ2) is 8.31. The fourth-order valence-electron chi connectivity index (χ4n) is 2.26. The molecule has 1 aromatic carbocycles. The van der Waals surface area contributed by atoms with Crippen molar-refractivity contribution in [2.75, 3.05) is 11.9 Å². The normalized spacial score (nSPS) is 12.5. The molecule has 0 atom stereocenters. The molecule has 2 aromatic rings. The molecule has 0 spiro atoms. The molecule has 0 radical (unpaired) electrons. The number of thiazole rings is 1. The summed E-state index contributed by atoms with van der Waals surface area (Å²) in [5.41, 5.74) is 1.55. The lowest BCUT2D eigenvalue weighted by Gasteiger charge is -2.00. The van der Waals surface area contributed by atoms with Gasteiger partial charge in [0, 0.05) is 18.4 Å². The molecule has 2 rings (SSSR count). The van der Waals surface area contributed by atoms with Gasteiger partial charge in [0.2, 0.25) is 0 Å². The van der Waals surface area contributed by atoms with E-state index in [0.717, 1.165) is 22.6 Å². The quantitative estimate of drug-likeness (QED) is 0.816. The molecule has 1 N–H and O–H groups in total. The molecule has 130 valence electrons. The number of nitrogens with one attached hydrogen (secondary N) is 1. The molecule has 6 nitrogen and oxygen atoms in total. The van der Waals surface area contributed by atoms with E-state index in [1.807, 2.05) is 37.3 Å². The number of rotatable bonds is 5. The van der Waals surface area contributed by atoms with Crippen molar-refractivity contribution in [3.63, 3.8) is 0 Å². The van der Waals surface area contributed by atoms with E-state index < -0.39 is 5.97 Å². The van der Waals surface area contributed by atoms with Gasteiger partial charge < -0.3 is 10.1 Å². The molecule has 0 amide bonds. The minimum Gasteiger partial charge on any atom is -0.462 e. The van der Waals surface area contributed by atoms with Crippen LogP contribution in [-0.4, -0.2) is 17.1 Å². The summed E-state index contributed by atoms with van der Waals surface area (Å²) in [5, 5.41) is 12.4. The number of hydrogen-bond donors (Lipinski definition) is 1. The first-order chi connectivity index (χ1) is 12.0. The van der Waals surface area contributed by atoms with Crippen LogP contribution in [0.3, 0.4) is 0 Å². The van der Waals surface area contributed by atoms with Gasteiger partial charge in [-0.1, -0.05) is 12.1 Å². The number of carbonyl (C=O) groups is 1. The minimum atomic E-state index is -0.716. The predicted octanol–water partition coefficient (Wildman–Crippen LogP) is 1.33. The van der Waals surface area contributed by atoms with Crippen LogP contribution in [0, 0.1) is 18.3 Å². The Morgan fingerprint density at radius 3 is 2.80 bits per heavy atom. The first-order valence-electron chi connectivity index (χ1n) is 7.86. The Bertz CT molecular complexity index is 996. The Hall–Kier alpha value is -2.85. The number of esters is 1. The molecular weight excluding hydrogens is 338 g/mol. The summed E-state index contributed by atoms with van der Waals surface area (Å²) in [7, 11) is 0. The van der Waals surface area contributed by atoms with Crippen LogP contribution >= 0.6 is 11.3 Å². The summed E-state index contributed by atoms with van der Waals surface area (Å²) >= 11 is 1.09. The van der Waals surface area contributed by atoms with E-state index in [2.05, 4.69) is 5.32 Å². The van der Waals surface area contributed by atoms with Crippen molar-refractivity contribution < 1.29 is 9.53 Å². The van der Waals surface area contributed by atoms with Crippen molar-refractivity contribution in [2.45, 2.75) is 27.3 Å². The molecule has 0 aliphatic carbocycles. The van der Waals surface area contributed by atoms with E-state index in [1.54, 1.807) is 20.0 Å². The first-order valence-corrected chi connectivity index (χ1v) is 8.68. The van der Waals surface area contributed by atoms with Gasteiger partial charge in [-0.2, -0.15) is 5.26 Å². The molecule has 0 saturated heterocycles. The van der Waals surface area contributed by atoms with E-state index in [4.69, 9.17) is 4.74 Å². The molecule has 0 aliphatic heterocycles. The summed E-state index contributed by atoms with van der Waals surface area (Å²) in [5.74, 6) is -0.716. The lowest BCUT2D eigenvalue weighted by molar-refractivity contribution is -0.136. The summed E-state index contributed by atoms with van der Waals surface area (Å²) in [4.78, 5) is 24.5. The average Bonchev–Trinajstić information content (AvgIpc) is 2.89. The number of nitriles is 1. The van der Waals surface area contributed by atoms with Gasteiger partial charge in [-0.15, -0.1) is 11.3 Å². The predicted molar refractivity (Wildman–Crippen MR) is 98.4 cm³/mol. The monoisotopic (exact) mass is 357 g/mol. The van der Waals surface area contributed by atoms with Gasteiger partial charge in [0.15, 0.2) is 5.57 Å². The van der Waals surface area contributed by atoms with Crippen molar-refractivity contribution in [1.29, 1.82) is 5.26 Å². The molecular formula is C18H19N3O3S. The van der Waals surface area contributed by atoms with E-state index in [1.165, 1.54) is 4.57 Å². The number of aryl methyl sites for hydroxylation is 1. The topological polar surface area (TPSA) is 84.1 Å². The van der Waals surface area contributed by atoms with Crippen molar-refractivity contribution in [3.05, 3.63) is 49.4 Å². The fraction of sp³-hybridized carbons (Fsp3) is 0.278. The molecule has 0 bridgehead atoms. The number of anilines is 1. The highest BCUT2D eigenvalue weighted by atomic mass is 32.1. The van der Waals surface area contributed by atoms with Gasteiger partial charge in [0.05, 0.1) is 6.61 Å². The summed E-state index contributed by atoms with van der Waals surface area (Å²) < 4.78 is 7.04. The molecule has 25 heavy (non-hydrogen) atoms. The van der Waals surface area contributed by atoms with Crippen molar-refractivity contribution in [1.82, 2.24) is 4.57 Å². The zero-order chi connectivity index (χ0) is 18.4. The Balaban J connectivity index is 2.58. The molecule has 0 aliphatic rings. The lowest BCUT2D eigenvalue weighted by atomic mass is 10.2. The molecule has 0 fully saturated rings. The van der Waals surface area contributed by atoms with Crippen LogP contribution in [0.5, 0.6) is 0 Å². The van der Waals surface area contributed by atoms with Crippen LogP contribution in [0.2, 0.25) is 0 Å². The number of aromatic nitrogens is 1. The van der Waals surface area contributed by atoms with E-state index in [0.29, 0.717) is 15.7 Å².